The highest BCUT2D eigenvalue weighted by atomic mass is 79.9. The normalized spacial score (nSPS) is 10.5. The van der Waals surface area contributed by atoms with E-state index >= 15 is 0 Å². The summed E-state index contributed by atoms with van der Waals surface area (Å²) in [5.41, 5.74) is 9.13. The van der Waals surface area contributed by atoms with Gasteiger partial charge in [0, 0.05) is 4.47 Å². The van der Waals surface area contributed by atoms with Gasteiger partial charge in [-0.25, -0.2) is 0 Å². The first-order valence-corrected chi connectivity index (χ1v) is 7.16. The molecule has 2 rings (SSSR count). The number of nitrogens with two attached hydrogens (primary N) is 1. The summed E-state index contributed by atoms with van der Waals surface area (Å²) in [5, 5.41) is 0. The van der Waals surface area contributed by atoms with Gasteiger partial charge in [0.05, 0.1) is 0 Å². The van der Waals surface area contributed by atoms with Crippen LogP contribution in [0.4, 0.5) is 0 Å². The minimum Gasteiger partial charge on any atom is -0.488 e. The zero-order valence-corrected chi connectivity index (χ0v) is 12.6. The van der Waals surface area contributed by atoms with Crippen molar-refractivity contribution in [1.29, 1.82) is 0 Å². The van der Waals surface area contributed by atoms with Crippen LogP contribution in [0.2, 0.25) is 0 Å². The molecule has 0 fully saturated rings. The Morgan fingerprint density at radius 3 is 2.58 bits per heavy atom. The Morgan fingerprint density at radius 1 is 1.16 bits per heavy atom. The van der Waals surface area contributed by atoms with Gasteiger partial charge in [0.15, 0.2) is 0 Å². The molecular formula is C16H18BrNO. The number of halogens is 1. The monoisotopic (exact) mass is 319 g/mol. The maximum absolute atomic E-state index is 5.99. The Hall–Kier alpha value is -1.32. The molecular weight excluding hydrogens is 302 g/mol. The lowest BCUT2D eigenvalue weighted by atomic mass is 10.1. The van der Waals surface area contributed by atoms with Crippen molar-refractivity contribution in [3.63, 3.8) is 0 Å². The summed E-state index contributed by atoms with van der Waals surface area (Å²) in [7, 11) is 0. The van der Waals surface area contributed by atoms with Gasteiger partial charge in [-0.2, -0.15) is 0 Å². The molecule has 0 aliphatic rings. The molecule has 0 spiro atoms. The van der Waals surface area contributed by atoms with E-state index in [0.717, 1.165) is 27.8 Å². The predicted molar refractivity (Wildman–Crippen MR) is 82.4 cm³/mol. The Bertz CT molecular complexity index is 540. The van der Waals surface area contributed by atoms with E-state index in [-0.39, 0.29) is 0 Å². The van der Waals surface area contributed by atoms with Gasteiger partial charge < -0.3 is 10.5 Å². The van der Waals surface area contributed by atoms with Crippen molar-refractivity contribution >= 4 is 15.9 Å². The van der Waals surface area contributed by atoms with E-state index < -0.39 is 0 Å². The summed E-state index contributed by atoms with van der Waals surface area (Å²) >= 11 is 3.52. The molecule has 0 aliphatic heterocycles. The van der Waals surface area contributed by atoms with Crippen LogP contribution in [0.5, 0.6) is 5.75 Å². The smallest absolute Gasteiger partial charge is 0.126 e. The first kappa shape index (κ1) is 14.1. The summed E-state index contributed by atoms with van der Waals surface area (Å²) in [4.78, 5) is 0. The molecule has 0 saturated heterocycles. The highest BCUT2D eigenvalue weighted by molar-refractivity contribution is 9.10. The van der Waals surface area contributed by atoms with Gasteiger partial charge in [-0.1, -0.05) is 46.3 Å². The van der Waals surface area contributed by atoms with Crippen LogP contribution in [0, 0.1) is 6.92 Å². The molecule has 2 N–H and O–H groups in total. The van der Waals surface area contributed by atoms with Crippen molar-refractivity contribution in [2.24, 2.45) is 5.73 Å². The Morgan fingerprint density at radius 2 is 1.89 bits per heavy atom. The largest absolute Gasteiger partial charge is 0.488 e. The van der Waals surface area contributed by atoms with E-state index in [2.05, 4.69) is 47.1 Å². The predicted octanol–water partition coefficient (Wildman–Crippen LogP) is 3.84. The number of benzene rings is 2. The highest BCUT2D eigenvalue weighted by Crippen LogP contribution is 2.29. The number of hydrogen-bond donors (Lipinski definition) is 1. The Labute approximate surface area is 122 Å². The molecule has 0 heterocycles. The van der Waals surface area contributed by atoms with Crippen molar-refractivity contribution < 1.29 is 4.74 Å². The summed E-state index contributed by atoms with van der Waals surface area (Å²) in [6.07, 6.45) is 0.824. The van der Waals surface area contributed by atoms with Crippen molar-refractivity contribution in [3.05, 3.63) is 63.6 Å². The van der Waals surface area contributed by atoms with Gasteiger partial charge >= 0.3 is 0 Å². The molecule has 0 amide bonds. The third-order valence-corrected chi connectivity index (χ3v) is 3.41. The fourth-order valence-electron chi connectivity index (χ4n) is 2.08. The first-order valence-electron chi connectivity index (χ1n) is 6.36. The van der Waals surface area contributed by atoms with Crippen molar-refractivity contribution in [2.45, 2.75) is 20.0 Å². The van der Waals surface area contributed by atoms with Gasteiger partial charge in [0.2, 0.25) is 0 Å². The summed E-state index contributed by atoms with van der Waals surface area (Å²) in [5.74, 6) is 0.956. The third-order valence-electron chi connectivity index (χ3n) is 2.96. The zero-order chi connectivity index (χ0) is 13.7. The molecule has 0 aliphatic carbocycles. The Kier molecular flexibility index (Phi) is 5.00. The molecule has 0 saturated carbocycles. The van der Waals surface area contributed by atoms with E-state index in [4.69, 9.17) is 10.5 Å². The fraction of sp³-hybridized carbons (Fsp3) is 0.250. The molecule has 0 bridgehead atoms. The average Bonchev–Trinajstić information content (AvgIpc) is 2.39. The second-order valence-electron chi connectivity index (χ2n) is 4.52. The SMILES string of the molecule is Cc1cc(Br)cc(CCN)c1OCc1ccccc1. The average molecular weight is 320 g/mol. The van der Waals surface area contributed by atoms with E-state index in [0.29, 0.717) is 13.2 Å². The van der Waals surface area contributed by atoms with Gasteiger partial charge in [-0.3, -0.25) is 0 Å². The van der Waals surface area contributed by atoms with Crippen LogP contribution in [-0.2, 0) is 13.0 Å². The van der Waals surface area contributed by atoms with Crippen molar-refractivity contribution in [1.82, 2.24) is 0 Å². The van der Waals surface area contributed by atoms with Crippen LogP contribution in [0.1, 0.15) is 16.7 Å². The highest BCUT2D eigenvalue weighted by Gasteiger charge is 2.08. The Balaban J connectivity index is 2.19. The quantitative estimate of drug-likeness (QED) is 0.908. The lowest BCUT2D eigenvalue weighted by Gasteiger charge is -2.14. The molecule has 2 nitrogen and oxygen atoms in total. The molecule has 0 radical (unpaired) electrons. The van der Waals surface area contributed by atoms with Gasteiger partial charge in [-0.15, -0.1) is 0 Å². The second kappa shape index (κ2) is 6.73. The van der Waals surface area contributed by atoms with Gasteiger partial charge in [0.25, 0.3) is 0 Å². The zero-order valence-electron chi connectivity index (χ0n) is 11.0. The number of aryl methyl sites for hydroxylation is 1. The van der Waals surface area contributed by atoms with Crippen LogP contribution in [0.25, 0.3) is 0 Å². The minimum absolute atomic E-state index is 0.584. The maximum atomic E-state index is 5.99. The standard InChI is InChI=1S/C16H18BrNO/c1-12-9-15(17)10-14(7-8-18)16(12)19-11-13-5-3-2-4-6-13/h2-6,9-10H,7-8,11,18H2,1H3. The molecule has 0 aromatic heterocycles. The summed E-state index contributed by atoms with van der Waals surface area (Å²) < 4.78 is 7.06. The van der Waals surface area contributed by atoms with Crippen molar-refractivity contribution in [2.75, 3.05) is 6.54 Å². The van der Waals surface area contributed by atoms with E-state index in [1.807, 2.05) is 18.2 Å². The van der Waals surface area contributed by atoms with Crippen molar-refractivity contribution in [3.8, 4) is 5.75 Å². The second-order valence-corrected chi connectivity index (χ2v) is 5.44. The molecule has 2 aromatic rings. The van der Waals surface area contributed by atoms with E-state index in [1.165, 1.54) is 5.56 Å². The maximum Gasteiger partial charge on any atom is 0.126 e. The molecule has 0 unspecified atom stereocenters. The molecule has 0 atom stereocenters. The topological polar surface area (TPSA) is 35.2 Å². The molecule has 19 heavy (non-hydrogen) atoms. The first-order chi connectivity index (χ1) is 9.20. The third kappa shape index (κ3) is 3.82. The molecule has 3 heteroatoms. The van der Waals surface area contributed by atoms with Gasteiger partial charge in [0.1, 0.15) is 12.4 Å². The molecule has 100 valence electrons. The summed E-state index contributed by atoms with van der Waals surface area (Å²) in [6.45, 7) is 3.27. The lowest BCUT2D eigenvalue weighted by Crippen LogP contribution is -2.06. The van der Waals surface area contributed by atoms with Crippen LogP contribution < -0.4 is 10.5 Å². The van der Waals surface area contributed by atoms with Crippen LogP contribution in [0.15, 0.2) is 46.9 Å². The number of hydrogen-bond acceptors (Lipinski definition) is 2. The fourth-order valence-corrected chi connectivity index (χ4v) is 2.70. The van der Waals surface area contributed by atoms with Crippen LogP contribution in [0.3, 0.4) is 0 Å². The van der Waals surface area contributed by atoms with Crippen LogP contribution >= 0.6 is 15.9 Å². The molecule has 2 aromatic carbocycles. The van der Waals surface area contributed by atoms with E-state index in [9.17, 15) is 0 Å². The van der Waals surface area contributed by atoms with Gasteiger partial charge in [-0.05, 0) is 48.7 Å². The number of rotatable bonds is 5. The van der Waals surface area contributed by atoms with Crippen LogP contribution in [-0.4, -0.2) is 6.54 Å². The minimum atomic E-state index is 0.584. The van der Waals surface area contributed by atoms with E-state index in [1.54, 1.807) is 0 Å². The number of ether oxygens (including phenoxy) is 1. The summed E-state index contributed by atoms with van der Waals surface area (Å²) in [6, 6.07) is 14.3. The lowest BCUT2D eigenvalue weighted by molar-refractivity contribution is 0.301.